The van der Waals surface area contributed by atoms with Crippen molar-refractivity contribution >= 4 is 47.2 Å². The Kier molecular flexibility index (Phi) is 6.98. The van der Waals surface area contributed by atoms with Gasteiger partial charge in [-0.3, -0.25) is 0 Å². The molecular weight excluding hydrogens is 397 g/mol. The first kappa shape index (κ1) is 17.8. The lowest BCUT2D eigenvalue weighted by atomic mass is 10.1. The molecule has 0 aliphatic heterocycles. The van der Waals surface area contributed by atoms with E-state index in [4.69, 9.17) is 17.3 Å². The molecule has 0 fully saturated rings. The molecule has 0 saturated carbocycles. The summed E-state index contributed by atoms with van der Waals surface area (Å²) in [7, 11) is 0. The molecule has 3 N–H and O–H groups in total. The number of hydrogen-bond donors (Lipinski definition) is 2. The molecule has 2 aromatic rings. The second-order valence-corrected chi connectivity index (χ2v) is 5.27. The highest BCUT2D eigenvalue weighted by atomic mass is 127. The molecule has 0 aromatic heterocycles. The van der Waals surface area contributed by atoms with Gasteiger partial charge < -0.3 is 11.1 Å². The van der Waals surface area contributed by atoms with E-state index in [2.05, 4.69) is 30.2 Å². The van der Waals surface area contributed by atoms with Crippen LogP contribution in [0.15, 0.2) is 47.5 Å². The fraction of sp³-hybridized carbons (Fsp3) is 0.188. The van der Waals surface area contributed by atoms with E-state index in [1.54, 1.807) is 0 Å². The van der Waals surface area contributed by atoms with Crippen LogP contribution in [0, 0.1) is 13.8 Å². The van der Waals surface area contributed by atoms with Crippen molar-refractivity contribution in [2.75, 3.05) is 5.32 Å². The van der Waals surface area contributed by atoms with E-state index in [0.29, 0.717) is 12.5 Å². The van der Waals surface area contributed by atoms with Crippen LogP contribution < -0.4 is 11.1 Å². The summed E-state index contributed by atoms with van der Waals surface area (Å²) in [4.78, 5) is 4.32. The van der Waals surface area contributed by atoms with Gasteiger partial charge in [0.25, 0.3) is 0 Å². The highest BCUT2D eigenvalue weighted by Gasteiger charge is 1.98. The summed E-state index contributed by atoms with van der Waals surface area (Å²) in [6, 6.07) is 13.8. The van der Waals surface area contributed by atoms with Gasteiger partial charge in [-0.25, -0.2) is 4.99 Å². The van der Waals surface area contributed by atoms with Crippen LogP contribution >= 0.6 is 35.6 Å². The topological polar surface area (TPSA) is 50.4 Å². The largest absolute Gasteiger partial charge is 0.370 e. The lowest BCUT2D eigenvalue weighted by Gasteiger charge is -2.08. The Balaban J connectivity index is 0.00000220. The molecule has 0 aliphatic carbocycles. The van der Waals surface area contributed by atoms with Gasteiger partial charge in [-0.1, -0.05) is 29.8 Å². The number of aliphatic imine (C=N–C) groups is 1. The fourth-order valence-corrected chi connectivity index (χ4v) is 2.13. The lowest BCUT2D eigenvalue weighted by molar-refractivity contribution is 1.06. The predicted molar refractivity (Wildman–Crippen MR) is 102 cm³/mol. The minimum absolute atomic E-state index is 0. The van der Waals surface area contributed by atoms with Crippen LogP contribution in [0.1, 0.15) is 16.7 Å². The van der Waals surface area contributed by atoms with Gasteiger partial charge >= 0.3 is 0 Å². The molecule has 2 aromatic carbocycles. The summed E-state index contributed by atoms with van der Waals surface area (Å²) in [6.07, 6.45) is 0. The molecule has 2 rings (SSSR count). The summed E-state index contributed by atoms with van der Waals surface area (Å²) in [6.45, 7) is 4.64. The summed E-state index contributed by atoms with van der Waals surface area (Å²) in [5.74, 6) is 0.407. The molecule has 0 unspecified atom stereocenters. The van der Waals surface area contributed by atoms with E-state index in [1.165, 1.54) is 11.1 Å². The van der Waals surface area contributed by atoms with Crippen LogP contribution in [0.4, 0.5) is 5.69 Å². The van der Waals surface area contributed by atoms with E-state index < -0.39 is 0 Å². The molecule has 112 valence electrons. The number of rotatable bonds is 3. The number of hydrogen-bond acceptors (Lipinski definition) is 1. The number of nitrogens with zero attached hydrogens (tertiary/aromatic N) is 1. The first-order chi connectivity index (χ1) is 9.52. The van der Waals surface area contributed by atoms with Crippen molar-refractivity contribution in [3.63, 3.8) is 0 Å². The van der Waals surface area contributed by atoms with Crippen molar-refractivity contribution in [1.82, 2.24) is 0 Å². The van der Waals surface area contributed by atoms with Crippen LogP contribution in [0.2, 0.25) is 5.02 Å². The second kappa shape index (κ2) is 8.24. The van der Waals surface area contributed by atoms with Crippen LogP contribution in [-0.2, 0) is 6.54 Å². The molecule has 5 heteroatoms. The number of aryl methyl sites for hydroxylation is 2. The van der Waals surface area contributed by atoms with Crippen molar-refractivity contribution in [3.8, 4) is 0 Å². The van der Waals surface area contributed by atoms with Crippen molar-refractivity contribution in [1.29, 1.82) is 0 Å². The van der Waals surface area contributed by atoms with Crippen molar-refractivity contribution in [2.45, 2.75) is 20.4 Å². The zero-order valence-corrected chi connectivity index (χ0v) is 15.1. The van der Waals surface area contributed by atoms with Crippen LogP contribution in [0.3, 0.4) is 0 Å². The Morgan fingerprint density at radius 1 is 1.10 bits per heavy atom. The SMILES string of the molecule is Cc1cc(C)cc(NC(N)=NCc2ccc(Cl)cc2)c1.I. The standard InChI is InChI=1S/C16H18ClN3.HI/c1-11-7-12(2)9-15(8-11)20-16(18)19-10-13-3-5-14(17)6-4-13;/h3-9H,10H2,1-2H3,(H3,18,19,20);1H. The van der Waals surface area contributed by atoms with Crippen LogP contribution in [-0.4, -0.2) is 5.96 Å². The van der Waals surface area contributed by atoms with Gasteiger partial charge in [0.2, 0.25) is 0 Å². The maximum Gasteiger partial charge on any atom is 0.193 e. The van der Waals surface area contributed by atoms with E-state index in [9.17, 15) is 0 Å². The number of benzene rings is 2. The quantitative estimate of drug-likeness (QED) is 0.440. The number of halogens is 2. The maximum absolute atomic E-state index is 5.90. The van der Waals surface area contributed by atoms with Crippen molar-refractivity contribution in [3.05, 3.63) is 64.2 Å². The molecule has 0 bridgehead atoms. The zero-order chi connectivity index (χ0) is 14.5. The predicted octanol–water partition coefficient (Wildman–Crippen LogP) is 4.50. The Labute approximate surface area is 147 Å². The summed E-state index contributed by atoms with van der Waals surface area (Å²) in [5, 5.41) is 3.83. The minimum atomic E-state index is 0. The lowest BCUT2D eigenvalue weighted by Crippen LogP contribution is -2.22. The monoisotopic (exact) mass is 415 g/mol. The zero-order valence-electron chi connectivity index (χ0n) is 12.1. The van der Waals surface area contributed by atoms with Gasteiger partial charge in [0.15, 0.2) is 5.96 Å². The first-order valence-electron chi connectivity index (χ1n) is 6.42. The summed E-state index contributed by atoms with van der Waals surface area (Å²) >= 11 is 5.84. The normalized spacial score (nSPS) is 10.9. The van der Waals surface area contributed by atoms with E-state index in [0.717, 1.165) is 16.3 Å². The summed E-state index contributed by atoms with van der Waals surface area (Å²) < 4.78 is 0. The summed E-state index contributed by atoms with van der Waals surface area (Å²) in [5.41, 5.74) is 10.3. The highest BCUT2D eigenvalue weighted by Crippen LogP contribution is 2.14. The molecule has 3 nitrogen and oxygen atoms in total. The van der Waals surface area contributed by atoms with E-state index in [-0.39, 0.29) is 24.0 Å². The van der Waals surface area contributed by atoms with Gasteiger partial charge in [0, 0.05) is 10.7 Å². The number of nitrogens with two attached hydrogens (primary N) is 1. The molecule has 21 heavy (non-hydrogen) atoms. The molecule has 0 atom stereocenters. The highest BCUT2D eigenvalue weighted by molar-refractivity contribution is 14.0. The maximum atomic E-state index is 5.90. The number of guanidine groups is 1. The molecule has 0 saturated heterocycles. The number of nitrogens with one attached hydrogen (secondary N) is 1. The van der Waals surface area contributed by atoms with Crippen molar-refractivity contribution in [2.24, 2.45) is 10.7 Å². The van der Waals surface area contributed by atoms with Gasteiger partial charge in [-0.15, -0.1) is 24.0 Å². The molecule has 0 spiro atoms. The Morgan fingerprint density at radius 2 is 1.67 bits per heavy atom. The molecule has 0 aliphatic rings. The van der Waals surface area contributed by atoms with Gasteiger partial charge in [0.1, 0.15) is 0 Å². The average Bonchev–Trinajstić information content (AvgIpc) is 2.37. The van der Waals surface area contributed by atoms with Crippen LogP contribution in [0.5, 0.6) is 0 Å². The third kappa shape index (κ3) is 5.93. The van der Waals surface area contributed by atoms with Gasteiger partial charge in [0.05, 0.1) is 6.54 Å². The van der Waals surface area contributed by atoms with Gasteiger partial charge in [-0.2, -0.15) is 0 Å². The Bertz CT molecular complexity index is 604. The first-order valence-corrected chi connectivity index (χ1v) is 6.80. The molecule has 0 amide bonds. The van der Waals surface area contributed by atoms with E-state index >= 15 is 0 Å². The van der Waals surface area contributed by atoms with Crippen LogP contribution in [0.25, 0.3) is 0 Å². The number of anilines is 1. The minimum Gasteiger partial charge on any atom is -0.370 e. The Morgan fingerprint density at radius 3 is 2.24 bits per heavy atom. The molecular formula is C16H19ClIN3. The Hall–Kier alpha value is -1.27. The smallest absolute Gasteiger partial charge is 0.193 e. The van der Waals surface area contributed by atoms with Crippen molar-refractivity contribution < 1.29 is 0 Å². The third-order valence-corrected chi connectivity index (χ3v) is 3.09. The van der Waals surface area contributed by atoms with E-state index in [1.807, 2.05) is 36.4 Å². The molecule has 0 heterocycles. The fourth-order valence-electron chi connectivity index (χ4n) is 2.00. The average molecular weight is 416 g/mol. The molecule has 0 radical (unpaired) electrons. The van der Waals surface area contributed by atoms with Gasteiger partial charge in [-0.05, 0) is 54.8 Å². The second-order valence-electron chi connectivity index (χ2n) is 4.83. The third-order valence-electron chi connectivity index (χ3n) is 2.84.